The first-order valence-corrected chi connectivity index (χ1v) is 6.73. The van der Waals surface area contributed by atoms with E-state index in [0.29, 0.717) is 12.5 Å². The fraction of sp³-hybridized carbons (Fsp3) is 1.00. The van der Waals surface area contributed by atoms with Crippen molar-refractivity contribution in [2.75, 3.05) is 6.61 Å². The Kier molecular flexibility index (Phi) is 9.56. The van der Waals surface area contributed by atoms with Crippen LogP contribution in [-0.4, -0.2) is 6.61 Å². The second-order valence-electron chi connectivity index (χ2n) is 2.46. The summed E-state index contributed by atoms with van der Waals surface area (Å²) in [5.41, 5.74) is -3.06. The summed E-state index contributed by atoms with van der Waals surface area (Å²) in [5.74, 6) is 0.538. The van der Waals surface area contributed by atoms with E-state index in [2.05, 4.69) is 37.9 Å². The van der Waals surface area contributed by atoms with Crippen molar-refractivity contribution in [3.63, 3.8) is 0 Å². The smallest absolute Gasteiger partial charge is 0.819 e. The molecule has 0 fully saturated rings. The second-order valence-corrected chi connectivity index (χ2v) is 7.19. The van der Waals surface area contributed by atoms with E-state index in [1.54, 1.807) is 0 Å². The molecule has 0 N–H and O–H groups in total. The van der Waals surface area contributed by atoms with Gasteiger partial charge in [0.15, 0.2) is 0 Å². The largest absolute Gasteiger partial charge is 2.00 e. The molecule has 0 aliphatic carbocycles. The molecule has 0 aliphatic rings. The fourth-order valence-electron chi connectivity index (χ4n) is 0.400. The van der Waals surface area contributed by atoms with Crippen LogP contribution in [-0.2, 0) is 48.1 Å². The third-order valence-electron chi connectivity index (χ3n) is 0.945. The van der Waals surface area contributed by atoms with Gasteiger partial charge in [0.25, 0.3) is 0 Å². The summed E-state index contributed by atoms with van der Waals surface area (Å²) in [6.07, 6.45) is 0.858. The topological polar surface area (TPSA) is 32.3 Å². The Bertz CT molecular complexity index is 136. The molecular formula is C5H11O2PS2Zn. The maximum Gasteiger partial charge on any atom is 2.00 e. The number of hydrogen-bond donors (Lipinski definition) is 0. The molecule has 0 saturated heterocycles. The van der Waals surface area contributed by atoms with E-state index in [1.807, 2.05) is 0 Å². The van der Waals surface area contributed by atoms with Crippen molar-refractivity contribution < 1.29 is 28.9 Å². The Balaban J connectivity index is 0. The van der Waals surface area contributed by atoms with Crippen LogP contribution < -0.4 is 4.89 Å². The summed E-state index contributed by atoms with van der Waals surface area (Å²) in [4.78, 5) is 10.6. The van der Waals surface area contributed by atoms with Crippen molar-refractivity contribution in [2.24, 2.45) is 5.92 Å². The minimum Gasteiger partial charge on any atom is -0.819 e. The zero-order valence-corrected chi connectivity index (χ0v) is 12.3. The molecule has 0 aromatic heterocycles. The van der Waals surface area contributed by atoms with Gasteiger partial charge in [0.2, 0.25) is 0 Å². The average Bonchev–Trinajstić information content (AvgIpc) is 1.59. The van der Waals surface area contributed by atoms with Crippen LogP contribution in [0.4, 0.5) is 0 Å². The van der Waals surface area contributed by atoms with Crippen LogP contribution in [0.15, 0.2) is 0 Å². The molecule has 0 radical (unpaired) electrons. The monoisotopic (exact) mass is 262 g/mol. The quantitative estimate of drug-likeness (QED) is 0.433. The normalized spacial score (nSPS) is 15.7. The van der Waals surface area contributed by atoms with E-state index < -0.39 is 5.69 Å². The molecule has 0 spiro atoms. The summed E-state index contributed by atoms with van der Waals surface area (Å²) in [6.45, 7) is 4.53. The second kappa shape index (κ2) is 7.00. The first-order valence-electron chi connectivity index (χ1n) is 3.08. The standard InChI is InChI=1S/C5H13O2PS2.Zn/c1-5(2)3-4-7-8(6,9)10;/h5H,3-4H2,1-2H3,(H2,6,9,10);/q;+2/p-2. The SMILES string of the molecule is CC(C)CCOP([O-])(=S)[S-].[Zn+2]. The van der Waals surface area contributed by atoms with Gasteiger partial charge in [-0.15, -0.1) is 17.5 Å². The molecule has 0 heterocycles. The van der Waals surface area contributed by atoms with Crippen LogP contribution in [0.1, 0.15) is 20.3 Å². The fourth-order valence-corrected chi connectivity index (χ4v) is 1.18. The Morgan fingerprint density at radius 3 is 2.36 bits per heavy atom. The van der Waals surface area contributed by atoms with E-state index in [0.717, 1.165) is 6.42 Å². The molecule has 6 heteroatoms. The van der Waals surface area contributed by atoms with E-state index in [9.17, 15) is 4.89 Å². The predicted molar refractivity (Wildman–Crippen MR) is 47.1 cm³/mol. The molecular weight excluding hydrogens is 253 g/mol. The molecule has 0 rings (SSSR count). The Morgan fingerprint density at radius 2 is 2.09 bits per heavy atom. The first kappa shape index (κ1) is 15.0. The van der Waals surface area contributed by atoms with Crippen molar-refractivity contribution in [1.82, 2.24) is 0 Å². The van der Waals surface area contributed by atoms with Crippen molar-refractivity contribution in [1.29, 1.82) is 0 Å². The van der Waals surface area contributed by atoms with E-state index in [1.165, 1.54) is 0 Å². The van der Waals surface area contributed by atoms with Crippen molar-refractivity contribution in [3.8, 4) is 0 Å². The van der Waals surface area contributed by atoms with Crippen molar-refractivity contribution >= 4 is 29.7 Å². The summed E-state index contributed by atoms with van der Waals surface area (Å²) in [6, 6.07) is 0. The third kappa shape index (κ3) is 14.4. The molecule has 11 heavy (non-hydrogen) atoms. The average molecular weight is 264 g/mol. The molecule has 62 valence electrons. The van der Waals surface area contributed by atoms with Crippen LogP contribution in [0.3, 0.4) is 0 Å². The molecule has 0 amide bonds. The van der Waals surface area contributed by atoms with Gasteiger partial charge in [-0.2, -0.15) is 0 Å². The summed E-state index contributed by atoms with van der Waals surface area (Å²) < 4.78 is 4.73. The predicted octanol–water partition coefficient (Wildman–Crippen LogP) is 1.18. The van der Waals surface area contributed by atoms with Crippen LogP contribution in [0.2, 0.25) is 0 Å². The minimum atomic E-state index is -3.06. The summed E-state index contributed by atoms with van der Waals surface area (Å²) in [5, 5.41) is 0. The van der Waals surface area contributed by atoms with E-state index in [4.69, 9.17) is 4.52 Å². The van der Waals surface area contributed by atoms with Crippen LogP contribution >= 0.6 is 5.69 Å². The maximum atomic E-state index is 10.6. The maximum absolute atomic E-state index is 10.6. The van der Waals surface area contributed by atoms with Gasteiger partial charge in [-0.3, -0.25) is 0 Å². The first-order chi connectivity index (χ1) is 4.42. The molecule has 1 atom stereocenters. The van der Waals surface area contributed by atoms with Crippen molar-refractivity contribution in [3.05, 3.63) is 0 Å². The van der Waals surface area contributed by atoms with Crippen LogP contribution in [0.25, 0.3) is 0 Å². The molecule has 0 bridgehead atoms. The number of hydrogen-bond acceptors (Lipinski definition) is 4. The van der Waals surface area contributed by atoms with E-state index in [-0.39, 0.29) is 19.5 Å². The molecule has 2 nitrogen and oxygen atoms in total. The third-order valence-corrected chi connectivity index (χ3v) is 2.08. The van der Waals surface area contributed by atoms with Crippen LogP contribution in [0.5, 0.6) is 0 Å². The van der Waals surface area contributed by atoms with Gasteiger partial charge in [0, 0.05) is 6.61 Å². The molecule has 1 unspecified atom stereocenters. The van der Waals surface area contributed by atoms with Gasteiger partial charge < -0.3 is 21.7 Å². The zero-order valence-electron chi connectivity index (χ0n) is 6.78. The molecule has 0 aromatic carbocycles. The van der Waals surface area contributed by atoms with Gasteiger partial charge in [-0.1, -0.05) is 13.8 Å². The Labute approximate surface area is 91.2 Å². The minimum absolute atomic E-state index is 0. The van der Waals surface area contributed by atoms with E-state index >= 15 is 0 Å². The molecule has 0 aliphatic heterocycles. The molecule has 0 aromatic rings. The summed E-state index contributed by atoms with van der Waals surface area (Å²) in [7, 11) is 0. The Morgan fingerprint density at radius 1 is 1.64 bits per heavy atom. The van der Waals surface area contributed by atoms with Gasteiger partial charge in [-0.25, -0.2) is 0 Å². The van der Waals surface area contributed by atoms with Gasteiger partial charge in [0.1, 0.15) is 0 Å². The number of rotatable bonds is 4. The van der Waals surface area contributed by atoms with Gasteiger partial charge in [-0.05, 0) is 12.3 Å². The summed E-state index contributed by atoms with van der Waals surface area (Å²) >= 11 is 8.77. The van der Waals surface area contributed by atoms with Gasteiger partial charge in [0.05, 0.1) is 0 Å². The zero-order chi connectivity index (χ0) is 8.20. The van der Waals surface area contributed by atoms with Crippen LogP contribution in [0, 0.1) is 5.92 Å². The Hall–Kier alpha value is 1.54. The van der Waals surface area contributed by atoms with Crippen molar-refractivity contribution in [2.45, 2.75) is 20.3 Å². The van der Waals surface area contributed by atoms with Gasteiger partial charge >= 0.3 is 19.5 Å². The molecule has 0 saturated carbocycles.